The number of carbonyl (C=O) groups is 1. The van der Waals surface area contributed by atoms with Crippen LogP contribution in [-0.2, 0) is 4.79 Å². The number of aromatic hydroxyl groups is 1. The number of carboxylic acid groups (broad SMARTS) is 1. The molecule has 0 spiro atoms. The Morgan fingerprint density at radius 2 is 1.77 bits per heavy atom. The van der Waals surface area contributed by atoms with E-state index in [1.165, 1.54) is 5.56 Å². The van der Waals surface area contributed by atoms with E-state index in [2.05, 4.69) is 26.0 Å². The maximum Gasteiger partial charge on any atom is 0.328 e. The molecular weight excluding hydrogens is 408 g/mol. The first-order valence-corrected chi connectivity index (χ1v) is 10.8. The van der Waals surface area contributed by atoms with Crippen molar-refractivity contribution in [1.82, 2.24) is 0 Å². The third-order valence-electron chi connectivity index (χ3n) is 4.97. The average Bonchev–Trinajstić information content (AvgIpc) is 3.10. The van der Waals surface area contributed by atoms with Crippen molar-refractivity contribution in [1.29, 1.82) is 0 Å². The minimum absolute atomic E-state index is 0.221. The lowest BCUT2D eigenvalue weighted by molar-refractivity contribution is -0.131. The summed E-state index contributed by atoms with van der Waals surface area (Å²) >= 11 is 1.60. The molecule has 1 aromatic heterocycles. The van der Waals surface area contributed by atoms with Crippen molar-refractivity contribution < 1.29 is 19.7 Å². The molecule has 0 radical (unpaired) electrons. The van der Waals surface area contributed by atoms with Crippen molar-refractivity contribution in [3.63, 3.8) is 0 Å². The second-order valence-corrected chi connectivity index (χ2v) is 8.58. The molecule has 0 saturated carbocycles. The summed E-state index contributed by atoms with van der Waals surface area (Å²) in [6.45, 7) is 4.34. The number of rotatable bonds is 6. The van der Waals surface area contributed by atoms with Crippen molar-refractivity contribution in [3.8, 4) is 27.7 Å². The largest absolute Gasteiger partial charge is 0.508 e. The van der Waals surface area contributed by atoms with Gasteiger partial charge in [0, 0.05) is 16.2 Å². The smallest absolute Gasteiger partial charge is 0.328 e. The third-order valence-corrected chi connectivity index (χ3v) is 6.14. The van der Waals surface area contributed by atoms with E-state index in [4.69, 9.17) is 9.84 Å². The Hall–Kier alpha value is -3.57. The summed E-state index contributed by atoms with van der Waals surface area (Å²) in [6, 6.07) is 20.9. The van der Waals surface area contributed by atoms with Crippen LogP contribution in [0.2, 0.25) is 0 Å². The number of hydrogen-bond acceptors (Lipinski definition) is 4. The second kappa shape index (κ2) is 8.66. The van der Waals surface area contributed by atoms with Crippen LogP contribution in [0.3, 0.4) is 0 Å². The molecule has 156 valence electrons. The zero-order chi connectivity index (χ0) is 22.0. The zero-order valence-electron chi connectivity index (χ0n) is 17.2. The van der Waals surface area contributed by atoms with E-state index in [1.807, 2.05) is 42.5 Å². The predicted molar refractivity (Wildman–Crippen MR) is 126 cm³/mol. The minimum Gasteiger partial charge on any atom is -0.508 e. The molecule has 31 heavy (non-hydrogen) atoms. The highest BCUT2D eigenvalue weighted by Gasteiger charge is 2.19. The van der Waals surface area contributed by atoms with Gasteiger partial charge in [-0.3, -0.25) is 0 Å². The van der Waals surface area contributed by atoms with Crippen LogP contribution in [-0.4, -0.2) is 16.2 Å². The van der Waals surface area contributed by atoms with Crippen LogP contribution in [0.4, 0.5) is 0 Å². The van der Waals surface area contributed by atoms with Crippen LogP contribution < -0.4 is 4.74 Å². The number of carboxylic acids is 1. The fourth-order valence-corrected chi connectivity index (χ4v) is 4.69. The van der Waals surface area contributed by atoms with Gasteiger partial charge in [-0.25, -0.2) is 4.79 Å². The average molecular weight is 431 g/mol. The number of phenolic OH excluding ortho intramolecular Hbond substituents is 1. The number of fused-ring (bicyclic) bond motifs is 1. The van der Waals surface area contributed by atoms with Gasteiger partial charge in [0.1, 0.15) is 11.5 Å². The second-order valence-electron chi connectivity index (χ2n) is 7.53. The highest BCUT2D eigenvalue weighted by molar-refractivity contribution is 7.22. The fraction of sp³-hybridized carbons (Fsp3) is 0.115. The number of ether oxygens (including phenoxy) is 1. The first kappa shape index (κ1) is 20.7. The van der Waals surface area contributed by atoms with Gasteiger partial charge in [0.15, 0.2) is 5.75 Å². The molecule has 0 aliphatic carbocycles. The normalized spacial score (nSPS) is 11.5. The number of phenols is 1. The first-order valence-electron chi connectivity index (χ1n) is 9.96. The van der Waals surface area contributed by atoms with Gasteiger partial charge in [-0.15, -0.1) is 11.3 Å². The molecule has 1 heterocycles. The van der Waals surface area contributed by atoms with Crippen LogP contribution >= 0.6 is 11.3 Å². The maximum atomic E-state index is 10.7. The lowest BCUT2D eigenvalue weighted by Gasteiger charge is -2.14. The van der Waals surface area contributed by atoms with E-state index in [9.17, 15) is 9.90 Å². The highest BCUT2D eigenvalue weighted by atomic mass is 32.1. The summed E-state index contributed by atoms with van der Waals surface area (Å²) in [6.07, 6.45) is 2.65. The molecule has 4 aromatic rings. The molecule has 0 aliphatic rings. The Morgan fingerprint density at radius 1 is 1.03 bits per heavy atom. The van der Waals surface area contributed by atoms with Crippen molar-refractivity contribution in [2.45, 2.75) is 19.8 Å². The van der Waals surface area contributed by atoms with Crippen molar-refractivity contribution in [2.75, 3.05) is 0 Å². The molecule has 0 bridgehead atoms. The Kier molecular flexibility index (Phi) is 5.78. The van der Waals surface area contributed by atoms with Crippen LogP contribution in [0.25, 0.3) is 26.6 Å². The minimum atomic E-state index is -0.984. The number of aliphatic carboxylic acids is 1. The summed E-state index contributed by atoms with van der Waals surface area (Å²) in [5, 5.41) is 19.7. The molecule has 0 amide bonds. The SMILES string of the molecule is CC(C)c1ccccc1-c1sc2cc(O)ccc2c1Oc1ccc(C=CC(=O)O)cc1. The van der Waals surface area contributed by atoms with Crippen molar-refractivity contribution in [3.05, 3.63) is 83.9 Å². The van der Waals surface area contributed by atoms with Gasteiger partial charge in [-0.2, -0.15) is 0 Å². The van der Waals surface area contributed by atoms with Crippen LogP contribution in [0, 0.1) is 0 Å². The highest BCUT2D eigenvalue weighted by Crippen LogP contribution is 2.48. The number of hydrogen-bond donors (Lipinski definition) is 2. The molecule has 3 aromatic carbocycles. The van der Waals surface area contributed by atoms with Gasteiger partial charge in [0.05, 0.1) is 4.88 Å². The van der Waals surface area contributed by atoms with Crippen molar-refractivity contribution >= 4 is 33.5 Å². The quantitative estimate of drug-likeness (QED) is 0.315. The predicted octanol–water partition coefficient (Wildman–Crippen LogP) is 7.29. The van der Waals surface area contributed by atoms with Gasteiger partial charge in [-0.1, -0.05) is 50.2 Å². The zero-order valence-corrected chi connectivity index (χ0v) is 18.0. The topological polar surface area (TPSA) is 66.8 Å². The molecular formula is C26H22O4S. The monoisotopic (exact) mass is 430 g/mol. The molecule has 4 rings (SSSR count). The van der Waals surface area contributed by atoms with E-state index in [1.54, 1.807) is 29.5 Å². The molecule has 0 fully saturated rings. The summed E-state index contributed by atoms with van der Waals surface area (Å²) in [5.41, 5.74) is 3.13. The van der Waals surface area contributed by atoms with Gasteiger partial charge >= 0.3 is 5.97 Å². The van der Waals surface area contributed by atoms with Gasteiger partial charge in [0.2, 0.25) is 0 Å². The molecule has 2 N–H and O–H groups in total. The summed E-state index contributed by atoms with van der Waals surface area (Å²) < 4.78 is 7.31. The first-order chi connectivity index (χ1) is 14.9. The molecule has 0 atom stereocenters. The van der Waals surface area contributed by atoms with Crippen molar-refractivity contribution in [2.24, 2.45) is 0 Å². The Bertz CT molecular complexity index is 1270. The molecule has 4 nitrogen and oxygen atoms in total. The van der Waals surface area contributed by atoms with E-state index >= 15 is 0 Å². The Balaban J connectivity index is 1.80. The van der Waals surface area contributed by atoms with Crippen LogP contribution in [0.15, 0.2) is 72.8 Å². The summed E-state index contributed by atoms with van der Waals surface area (Å²) in [5.74, 6) is 0.994. The van der Waals surface area contributed by atoms with Gasteiger partial charge in [-0.05, 0) is 59.0 Å². The van der Waals surface area contributed by atoms with Gasteiger partial charge in [0.25, 0.3) is 0 Å². The molecule has 0 saturated heterocycles. The lowest BCUT2D eigenvalue weighted by atomic mass is 9.96. The lowest BCUT2D eigenvalue weighted by Crippen LogP contribution is -1.92. The summed E-state index contributed by atoms with van der Waals surface area (Å²) in [4.78, 5) is 11.7. The maximum absolute atomic E-state index is 10.7. The van der Waals surface area contributed by atoms with Crippen LogP contribution in [0.5, 0.6) is 17.2 Å². The standard InChI is InChI=1S/C26H22O4S/c1-16(2)20-5-3-4-6-21(20)26-25(22-13-10-18(27)15-23(22)31-26)30-19-11-7-17(8-12-19)9-14-24(28)29/h3-16,27H,1-2H3,(H,28,29). The Labute approximate surface area is 184 Å². The number of benzene rings is 3. The van der Waals surface area contributed by atoms with E-state index < -0.39 is 5.97 Å². The molecule has 0 unspecified atom stereocenters. The Morgan fingerprint density at radius 3 is 2.48 bits per heavy atom. The third kappa shape index (κ3) is 4.47. The summed E-state index contributed by atoms with van der Waals surface area (Å²) in [7, 11) is 0. The fourth-order valence-electron chi connectivity index (χ4n) is 3.48. The van der Waals surface area contributed by atoms with E-state index in [-0.39, 0.29) is 5.75 Å². The van der Waals surface area contributed by atoms with Crippen LogP contribution in [0.1, 0.15) is 30.9 Å². The van der Waals surface area contributed by atoms with E-state index in [0.717, 1.165) is 37.9 Å². The van der Waals surface area contributed by atoms with Gasteiger partial charge < -0.3 is 14.9 Å². The van der Waals surface area contributed by atoms with E-state index in [0.29, 0.717) is 11.7 Å². The number of thiophene rings is 1. The molecule has 0 aliphatic heterocycles. The molecule has 5 heteroatoms.